The Kier molecular flexibility index (Phi) is 4.37. The first-order valence-corrected chi connectivity index (χ1v) is 7.64. The van der Waals surface area contributed by atoms with Gasteiger partial charge in [-0.1, -0.05) is 53.5 Å². The van der Waals surface area contributed by atoms with Gasteiger partial charge in [0.1, 0.15) is 5.75 Å². The second-order valence-corrected chi connectivity index (χ2v) is 5.82. The number of aromatic nitrogens is 1. The van der Waals surface area contributed by atoms with E-state index in [9.17, 15) is 5.11 Å². The average molecular weight is 346 g/mol. The fourth-order valence-corrected chi connectivity index (χ4v) is 2.66. The second-order valence-electron chi connectivity index (χ2n) is 4.98. The van der Waals surface area contributed by atoms with Gasteiger partial charge in [-0.3, -0.25) is 5.43 Å². The van der Waals surface area contributed by atoms with Crippen molar-refractivity contribution in [1.82, 2.24) is 4.98 Å². The summed E-state index contributed by atoms with van der Waals surface area (Å²) in [5.74, 6) is 0.594. The first kappa shape index (κ1) is 15.6. The van der Waals surface area contributed by atoms with E-state index in [1.807, 2.05) is 36.4 Å². The van der Waals surface area contributed by atoms with Crippen LogP contribution in [0.3, 0.4) is 0 Å². The molecule has 0 atom stereocenters. The van der Waals surface area contributed by atoms with Crippen LogP contribution in [-0.4, -0.2) is 15.8 Å². The number of hydrazone groups is 1. The highest BCUT2D eigenvalue weighted by atomic mass is 35.5. The zero-order chi connectivity index (χ0) is 16.4. The van der Waals surface area contributed by atoms with Crippen LogP contribution in [0.1, 0.15) is 12.5 Å². The molecule has 0 saturated carbocycles. The van der Waals surface area contributed by atoms with E-state index in [1.165, 1.54) is 6.20 Å². The van der Waals surface area contributed by atoms with Crippen molar-refractivity contribution < 1.29 is 5.11 Å². The Morgan fingerprint density at radius 1 is 1.17 bits per heavy atom. The van der Waals surface area contributed by atoms with E-state index in [1.54, 1.807) is 13.0 Å². The molecule has 6 heteroatoms. The molecule has 0 bridgehead atoms. The molecule has 4 nitrogen and oxygen atoms in total. The minimum absolute atomic E-state index is 0.196. The molecule has 0 saturated heterocycles. The number of rotatable bonds is 3. The highest BCUT2D eigenvalue weighted by molar-refractivity contribution is 6.35. The average Bonchev–Trinajstić information content (AvgIpc) is 2.54. The van der Waals surface area contributed by atoms with Gasteiger partial charge in [-0.05, 0) is 24.4 Å². The minimum atomic E-state index is 0.196. The Morgan fingerprint density at radius 2 is 1.96 bits per heavy atom. The van der Waals surface area contributed by atoms with Crippen LogP contribution in [-0.2, 0) is 0 Å². The molecular formula is C17H13Cl2N3O. The van der Waals surface area contributed by atoms with Crippen LogP contribution in [0.15, 0.2) is 53.8 Å². The summed E-state index contributed by atoms with van der Waals surface area (Å²) >= 11 is 11.8. The third kappa shape index (κ3) is 3.23. The zero-order valence-corrected chi connectivity index (χ0v) is 13.7. The van der Waals surface area contributed by atoms with Gasteiger partial charge in [-0.15, -0.1) is 0 Å². The number of fused-ring (bicyclic) bond motifs is 1. The number of halogens is 2. The first-order valence-electron chi connectivity index (χ1n) is 6.88. The van der Waals surface area contributed by atoms with E-state index in [4.69, 9.17) is 23.2 Å². The summed E-state index contributed by atoms with van der Waals surface area (Å²) in [6.45, 7) is 1.79. The largest absolute Gasteiger partial charge is 0.507 e. The minimum Gasteiger partial charge on any atom is -0.507 e. The van der Waals surface area contributed by atoms with E-state index in [-0.39, 0.29) is 5.75 Å². The third-order valence-electron chi connectivity index (χ3n) is 3.43. The third-order valence-corrected chi connectivity index (χ3v) is 3.92. The van der Waals surface area contributed by atoms with Gasteiger partial charge in [0.05, 0.1) is 15.8 Å². The summed E-state index contributed by atoms with van der Waals surface area (Å²) in [6, 6.07) is 13.0. The first-order chi connectivity index (χ1) is 11.1. The van der Waals surface area contributed by atoms with Crippen molar-refractivity contribution in [2.75, 3.05) is 5.43 Å². The van der Waals surface area contributed by atoms with Crippen molar-refractivity contribution in [3.8, 4) is 5.75 Å². The number of hydrogen-bond acceptors (Lipinski definition) is 4. The van der Waals surface area contributed by atoms with Crippen molar-refractivity contribution >= 4 is 45.5 Å². The quantitative estimate of drug-likeness (QED) is 0.513. The molecular weight excluding hydrogens is 333 g/mol. The number of hydrogen-bond donors (Lipinski definition) is 2. The molecule has 0 unspecified atom stereocenters. The van der Waals surface area contributed by atoms with Gasteiger partial charge in [0.25, 0.3) is 0 Å². The van der Waals surface area contributed by atoms with Crippen molar-refractivity contribution in [2.45, 2.75) is 6.92 Å². The summed E-state index contributed by atoms with van der Waals surface area (Å²) in [7, 11) is 0. The fraction of sp³-hybridized carbons (Fsp3) is 0.0588. The summed E-state index contributed by atoms with van der Waals surface area (Å²) in [4.78, 5) is 4.07. The summed E-state index contributed by atoms with van der Waals surface area (Å²) < 4.78 is 0. The molecule has 0 spiro atoms. The van der Waals surface area contributed by atoms with E-state index in [0.29, 0.717) is 27.1 Å². The molecule has 3 aromatic rings. The molecule has 0 aliphatic heterocycles. The lowest BCUT2D eigenvalue weighted by Gasteiger charge is -2.09. The number of aromatic hydroxyl groups is 1. The van der Waals surface area contributed by atoms with Gasteiger partial charge < -0.3 is 5.11 Å². The fourth-order valence-electron chi connectivity index (χ4n) is 2.24. The number of benzene rings is 2. The molecule has 1 heterocycles. The Balaban J connectivity index is 1.93. The monoisotopic (exact) mass is 345 g/mol. The topological polar surface area (TPSA) is 57.5 Å². The Bertz CT molecular complexity index is 909. The SMILES string of the molecule is C/C(=N\Nc1ncc(Cl)cc1Cl)c1ccc2ccccc2c1O. The van der Waals surface area contributed by atoms with E-state index in [2.05, 4.69) is 15.5 Å². The van der Waals surface area contributed by atoms with Crippen LogP contribution in [0.25, 0.3) is 10.8 Å². The van der Waals surface area contributed by atoms with Gasteiger partial charge >= 0.3 is 0 Å². The molecule has 116 valence electrons. The van der Waals surface area contributed by atoms with Crippen molar-refractivity contribution in [2.24, 2.45) is 5.10 Å². The molecule has 1 aromatic heterocycles. The molecule has 2 aromatic carbocycles. The van der Waals surface area contributed by atoms with Crippen LogP contribution in [0.2, 0.25) is 10.0 Å². The molecule has 0 fully saturated rings. The Morgan fingerprint density at radius 3 is 2.74 bits per heavy atom. The predicted octanol–water partition coefficient (Wildman–Crippen LogP) is 5.08. The van der Waals surface area contributed by atoms with Crippen LogP contribution < -0.4 is 5.43 Å². The lowest BCUT2D eigenvalue weighted by molar-refractivity contribution is 0.480. The number of anilines is 1. The number of phenolic OH excluding ortho intramolecular Hbond substituents is 1. The number of pyridine rings is 1. The smallest absolute Gasteiger partial charge is 0.165 e. The van der Waals surface area contributed by atoms with E-state index >= 15 is 0 Å². The number of nitrogens with one attached hydrogen (secondary N) is 1. The van der Waals surface area contributed by atoms with Crippen LogP contribution in [0.5, 0.6) is 5.75 Å². The maximum atomic E-state index is 10.4. The lowest BCUT2D eigenvalue weighted by atomic mass is 10.0. The van der Waals surface area contributed by atoms with E-state index < -0.39 is 0 Å². The number of nitrogens with zero attached hydrogens (tertiary/aromatic N) is 2. The summed E-state index contributed by atoms with van der Waals surface area (Å²) in [6.07, 6.45) is 1.48. The lowest BCUT2D eigenvalue weighted by Crippen LogP contribution is -2.02. The molecule has 0 aliphatic carbocycles. The second kappa shape index (κ2) is 6.44. The molecule has 3 rings (SSSR count). The number of phenols is 1. The molecule has 0 amide bonds. The van der Waals surface area contributed by atoms with Crippen LogP contribution >= 0.6 is 23.2 Å². The van der Waals surface area contributed by atoms with Gasteiger partial charge in [0.15, 0.2) is 5.82 Å². The normalized spacial score (nSPS) is 11.7. The molecule has 0 radical (unpaired) electrons. The van der Waals surface area contributed by atoms with Crippen molar-refractivity contribution in [3.63, 3.8) is 0 Å². The predicted molar refractivity (Wildman–Crippen MR) is 95.7 cm³/mol. The summed E-state index contributed by atoms with van der Waals surface area (Å²) in [5, 5.41) is 17.3. The molecule has 2 N–H and O–H groups in total. The Hall–Kier alpha value is -2.30. The Labute approximate surface area is 143 Å². The molecule has 0 aliphatic rings. The maximum absolute atomic E-state index is 10.4. The van der Waals surface area contributed by atoms with Crippen molar-refractivity contribution in [3.05, 3.63) is 64.3 Å². The highest BCUT2D eigenvalue weighted by Crippen LogP contribution is 2.29. The van der Waals surface area contributed by atoms with Gasteiger partial charge in [-0.25, -0.2) is 4.98 Å². The van der Waals surface area contributed by atoms with E-state index in [0.717, 1.165) is 10.8 Å². The molecule has 23 heavy (non-hydrogen) atoms. The van der Waals surface area contributed by atoms with Crippen molar-refractivity contribution in [1.29, 1.82) is 0 Å². The standard InChI is InChI=1S/C17H13Cl2N3O/c1-10(21-22-17-15(19)8-12(18)9-20-17)13-7-6-11-4-2-3-5-14(11)16(13)23/h2-9,23H,1H3,(H,20,22)/b21-10+. The zero-order valence-electron chi connectivity index (χ0n) is 12.2. The summed E-state index contributed by atoms with van der Waals surface area (Å²) in [5.41, 5.74) is 4.04. The van der Waals surface area contributed by atoms with Gasteiger partial charge in [0, 0.05) is 17.1 Å². The highest BCUT2D eigenvalue weighted by Gasteiger charge is 2.09. The van der Waals surface area contributed by atoms with Gasteiger partial charge in [-0.2, -0.15) is 5.10 Å². The maximum Gasteiger partial charge on any atom is 0.165 e. The van der Waals surface area contributed by atoms with Gasteiger partial charge in [0.2, 0.25) is 0 Å². The van der Waals surface area contributed by atoms with Crippen LogP contribution in [0.4, 0.5) is 5.82 Å². The van der Waals surface area contributed by atoms with Crippen LogP contribution in [0, 0.1) is 0 Å².